The minimum atomic E-state index is -0.967. The van der Waals surface area contributed by atoms with Gasteiger partial charge in [0.1, 0.15) is 16.5 Å². The third-order valence-corrected chi connectivity index (χ3v) is 9.62. The number of anilines is 1. The minimum absolute atomic E-state index is 0.253. The van der Waals surface area contributed by atoms with E-state index in [9.17, 15) is 4.79 Å². The number of hydrogen-bond acceptors (Lipinski definition) is 9. The van der Waals surface area contributed by atoms with Crippen LogP contribution >= 0.6 is 11.3 Å². The van der Waals surface area contributed by atoms with Crippen molar-refractivity contribution < 1.29 is 19.0 Å². The quantitative estimate of drug-likeness (QED) is 0.173. The second-order valence-corrected chi connectivity index (χ2v) is 14.6. The van der Waals surface area contributed by atoms with Gasteiger partial charge in [0, 0.05) is 42.3 Å². The number of carbonyl (C=O) groups excluding carboxylic acids is 1. The van der Waals surface area contributed by atoms with E-state index in [1.54, 1.807) is 11.3 Å². The van der Waals surface area contributed by atoms with Gasteiger partial charge in [0.25, 0.3) is 0 Å². The number of carbonyl (C=O) groups is 1. The van der Waals surface area contributed by atoms with Crippen molar-refractivity contribution in [1.82, 2.24) is 19.6 Å². The lowest BCUT2D eigenvalue weighted by molar-refractivity contribution is -0.166. The molecule has 0 radical (unpaired) electrons. The molecule has 4 aromatic rings. The Morgan fingerprint density at radius 3 is 2.70 bits per heavy atom. The van der Waals surface area contributed by atoms with E-state index < -0.39 is 17.7 Å². The molecule has 10 heteroatoms. The van der Waals surface area contributed by atoms with Gasteiger partial charge in [0.2, 0.25) is 0 Å². The largest absolute Gasteiger partial charge is 0.464 e. The molecule has 3 aromatic heterocycles. The number of nitrogens with zero attached hydrogens (tertiary/aromatic N) is 5. The van der Waals surface area contributed by atoms with E-state index in [1.807, 2.05) is 51.4 Å². The van der Waals surface area contributed by atoms with E-state index in [2.05, 4.69) is 48.2 Å². The van der Waals surface area contributed by atoms with E-state index in [1.165, 1.54) is 16.0 Å². The summed E-state index contributed by atoms with van der Waals surface area (Å²) in [5.41, 5.74) is 4.58. The van der Waals surface area contributed by atoms with Crippen molar-refractivity contribution in [3.8, 4) is 10.7 Å². The van der Waals surface area contributed by atoms with Crippen LogP contribution in [-0.2, 0) is 31.8 Å². The molecular weight excluding hydrogens is 598 g/mol. The number of ether oxygens (including phenoxy) is 3. The van der Waals surface area contributed by atoms with Crippen LogP contribution in [0.2, 0.25) is 0 Å². The van der Waals surface area contributed by atoms with Crippen LogP contribution < -0.4 is 4.90 Å². The van der Waals surface area contributed by atoms with Crippen LogP contribution in [0.1, 0.15) is 87.2 Å². The zero-order chi connectivity index (χ0) is 32.5. The molecule has 3 aliphatic rings. The van der Waals surface area contributed by atoms with E-state index in [0.29, 0.717) is 23.5 Å². The predicted molar refractivity (Wildman–Crippen MR) is 182 cm³/mol. The Bertz CT molecular complexity index is 1730. The molecule has 0 amide bonds. The van der Waals surface area contributed by atoms with Crippen LogP contribution in [0.3, 0.4) is 0 Å². The summed E-state index contributed by atoms with van der Waals surface area (Å²) >= 11 is 1.65. The third-order valence-electron chi connectivity index (χ3n) is 8.60. The molecule has 8 bridgehead atoms. The van der Waals surface area contributed by atoms with Gasteiger partial charge in [-0.25, -0.2) is 14.8 Å². The first kappa shape index (κ1) is 32.3. The van der Waals surface area contributed by atoms with Crippen molar-refractivity contribution in [3.63, 3.8) is 0 Å². The summed E-state index contributed by atoms with van der Waals surface area (Å²) in [7, 11) is 0. The van der Waals surface area contributed by atoms with Crippen LogP contribution in [0.15, 0.2) is 48.7 Å². The number of thiazole rings is 1. The molecule has 1 atom stereocenters. The second kappa shape index (κ2) is 13.3. The maximum absolute atomic E-state index is 13.5. The Balaban J connectivity index is 1.48. The SMILES string of the molecule is CCOC(=O)[C@@H](OC(C)(C)C)c1c(C)nc2cc3nn2c1N1CCC(C)(CC1)OC/C=C/CCc1cccc(c1)Cc1cnc-3s1. The predicted octanol–water partition coefficient (Wildman–Crippen LogP) is 7.05. The van der Waals surface area contributed by atoms with Crippen LogP contribution in [0.25, 0.3) is 16.3 Å². The van der Waals surface area contributed by atoms with Gasteiger partial charge in [0.15, 0.2) is 11.8 Å². The summed E-state index contributed by atoms with van der Waals surface area (Å²) in [5.74, 6) is 0.371. The van der Waals surface area contributed by atoms with Crippen molar-refractivity contribution >= 4 is 28.8 Å². The minimum Gasteiger partial charge on any atom is -0.464 e. The van der Waals surface area contributed by atoms with Crippen molar-refractivity contribution in [1.29, 1.82) is 0 Å². The molecule has 0 spiro atoms. The van der Waals surface area contributed by atoms with Gasteiger partial charge < -0.3 is 19.1 Å². The summed E-state index contributed by atoms with van der Waals surface area (Å²) in [6.07, 6.45) is 9.79. The smallest absolute Gasteiger partial charge is 0.340 e. The van der Waals surface area contributed by atoms with Crippen LogP contribution in [0.4, 0.5) is 5.82 Å². The Kier molecular flexibility index (Phi) is 9.32. The molecule has 0 aliphatic carbocycles. The number of fused-ring (bicyclic) bond motifs is 6. The molecule has 1 aromatic carbocycles. The van der Waals surface area contributed by atoms with Gasteiger partial charge in [-0.05, 0) is 78.4 Å². The number of allylic oxidation sites excluding steroid dienone is 1. The maximum Gasteiger partial charge on any atom is 0.340 e. The molecule has 0 saturated carbocycles. The highest BCUT2D eigenvalue weighted by Crippen LogP contribution is 2.39. The number of aryl methyl sites for hydroxylation is 2. The average molecular weight is 644 g/mol. The lowest BCUT2D eigenvalue weighted by Gasteiger charge is -2.41. The van der Waals surface area contributed by atoms with Crippen molar-refractivity contribution in [3.05, 3.63) is 75.9 Å². The average Bonchev–Trinajstić information content (AvgIpc) is 3.64. The fraction of sp³-hybridized carbons (Fsp3) is 0.500. The van der Waals surface area contributed by atoms with Gasteiger partial charge >= 0.3 is 5.97 Å². The number of esters is 1. The van der Waals surface area contributed by atoms with E-state index in [0.717, 1.165) is 61.7 Å². The van der Waals surface area contributed by atoms with Crippen LogP contribution in [0, 0.1) is 6.92 Å². The monoisotopic (exact) mass is 643 g/mol. The fourth-order valence-electron chi connectivity index (χ4n) is 6.25. The topological polar surface area (TPSA) is 91.1 Å². The van der Waals surface area contributed by atoms with Crippen LogP contribution in [0.5, 0.6) is 0 Å². The first-order valence-corrected chi connectivity index (χ1v) is 17.1. The Morgan fingerprint density at radius 1 is 1.15 bits per heavy atom. The number of aromatic nitrogens is 4. The van der Waals surface area contributed by atoms with Crippen molar-refractivity contribution in [2.75, 3.05) is 31.2 Å². The molecule has 1 fully saturated rings. The Morgan fingerprint density at radius 2 is 1.93 bits per heavy atom. The molecule has 0 unspecified atom stereocenters. The van der Waals surface area contributed by atoms with Crippen LogP contribution in [-0.4, -0.2) is 63.1 Å². The first-order chi connectivity index (χ1) is 22.0. The first-order valence-electron chi connectivity index (χ1n) is 16.3. The van der Waals surface area contributed by atoms with E-state index >= 15 is 0 Å². The van der Waals surface area contributed by atoms with Gasteiger partial charge in [-0.15, -0.1) is 11.3 Å². The zero-order valence-electron chi connectivity index (χ0n) is 27.8. The molecule has 0 N–H and O–H groups in total. The number of rotatable bonds is 4. The fourth-order valence-corrected chi connectivity index (χ4v) is 7.15. The lowest BCUT2D eigenvalue weighted by atomic mass is 9.92. The number of benzene rings is 1. The normalized spacial score (nSPS) is 18.3. The number of piperidine rings is 1. The Labute approximate surface area is 275 Å². The van der Waals surface area contributed by atoms with E-state index in [-0.39, 0.29) is 12.2 Å². The molecule has 9 nitrogen and oxygen atoms in total. The van der Waals surface area contributed by atoms with Gasteiger partial charge in [-0.1, -0.05) is 36.4 Å². The van der Waals surface area contributed by atoms with Gasteiger partial charge in [0.05, 0.1) is 30.0 Å². The zero-order valence-corrected chi connectivity index (χ0v) is 28.7. The highest BCUT2D eigenvalue weighted by molar-refractivity contribution is 7.15. The Hall–Kier alpha value is -3.60. The summed E-state index contributed by atoms with van der Waals surface area (Å²) in [6.45, 7) is 14.1. The molecule has 1 saturated heterocycles. The highest BCUT2D eigenvalue weighted by atomic mass is 32.1. The molecule has 3 aliphatic heterocycles. The summed E-state index contributed by atoms with van der Waals surface area (Å²) in [6, 6.07) is 10.8. The van der Waals surface area contributed by atoms with E-state index in [4.69, 9.17) is 29.3 Å². The summed E-state index contributed by atoms with van der Waals surface area (Å²) < 4.78 is 20.3. The maximum atomic E-state index is 13.5. The van der Waals surface area contributed by atoms with Gasteiger partial charge in [-0.2, -0.15) is 9.61 Å². The van der Waals surface area contributed by atoms with Crippen molar-refractivity contribution in [2.24, 2.45) is 0 Å². The summed E-state index contributed by atoms with van der Waals surface area (Å²) in [5, 5.41) is 5.94. The van der Waals surface area contributed by atoms with Crippen molar-refractivity contribution in [2.45, 2.75) is 91.0 Å². The third kappa shape index (κ3) is 7.19. The highest BCUT2D eigenvalue weighted by Gasteiger charge is 2.38. The molecule has 244 valence electrons. The molecule has 7 rings (SSSR count). The molecule has 6 heterocycles. The molecular formula is C36H45N5O4S. The second-order valence-electron chi connectivity index (χ2n) is 13.5. The number of hydrogen-bond donors (Lipinski definition) is 0. The van der Waals surface area contributed by atoms with Gasteiger partial charge in [-0.3, -0.25) is 0 Å². The standard InChI is InChI=1S/C36H45N5O4S/c1-7-43-34(42)31(45-35(3,4)5)30-24(2)38-29-22-28-32-37-23-27(46-32)21-26-14-11-13-25(20-26)12-9-8-10-19-44-36(6)15-17-40(18-16-36)33(30)41(29)39-28/h8,10-11,13-14,20,22-23,31H,7,9,12,15-19,21H2,1-6H3/b10-8+/t31-/m0/s1. The molecule has 46 heavy (non-hydrogen) atoms. The summed E-state index contributed by atoms with van der Waals surface area (Å²) in [4.78, 5) is 26.8. The lowest BCUT2D eigenvalue weighted by Crippen LogP contribution is -2.45.